The van der Waals surface area contributed by atoms with Gasteiger partial charge in [0.2, 0.25) is 0 Å². The van der Waals surface area contributed by atoms with Crippen LogP contribution in [-0.4, -0.2) is 16.5 Å². The van der Waals surface area contributed by atoms with Gasteiger partial charge < -0.3 is 5.11 Å². The van der Waals surface area contributed by atoms with E-state index in [0.29, 0.717) is 5.92 Å². The molecule has 2 aliphatic rings. The molecule has 2 rings (SSSR count). The van der Waals surface area contributed by atoms with Crippen LogP contribution in [0.5, 0.6) is 0 Å². The zero-order chi connectivity index (χ0) is 18.1. The average molecular weight is 371 g/mol. The molecule has 0 aliphatic heterocycles. The number of aliphatic carboxylic acids is 1. The Bertz CT molecular complexity index is 379. The van der Waals surface area contributed by atoms with Gasteiger partial charge in [-0.2, -0.15) is 0 Å². The van der Waals surface area contributed by atoms with Gasteiger partial charge in [-0.3, -0.25) is 4.79 Å². The van der Waals surface area contributed by atoms with E-state index < -0.39 is 11.4 Å². The molecule has 0 radical (unpaired) electrons. The number of carbonyl (C=O) groups is 1. The van der Waals surface area contributed by atoms with Crippen molar-refractivity contribution in [2.24, 2.45) is 17.3 Å². The molecule has 0 unspecified atom stereocenters. The topological polar surface area (TPSA) is 37.3 Å². The second kappa shape index (κ2) is 10.8. The first-order valence-corrected chi connectivity index (χ1v) is 11.4. The molecular formula is C22H39ClO2. The second-order valence-corrected chi connectivity index (χ2v) is 9.38. The number of carboxylic acids is 1. The number of hydrogen-bond donors (Lipinski definition) is 1. The smallest absolute Gasteiger partial charge is 0.309 e. The first kappa shape index (κ1) is 21.1. The molecule has 0 saturated heterocycles. The predicted octanol–water partition coefficient (Wildman–Crippen LogP) is 7.19. The molecule has 0 aromatic rings. The Kier molecular flexibility index (Phi) is 9.10. The highest BCUT2D eigenvalue weighted by Gasteiger charge is 2.48. The lowest BCUT2D eigenvalue weighted by atomic mass is 9.59. The molecule has 0 amide bonds. The largest absolute Gasteiger partial charge is 0.481 e. The van der Waals surface area contributed by atoms with E-state index in [4.69, 9.17) is 11.6 Å². The van der Waals surface area contributed by atoms with Gasteiger partial charge in [-0.25, -0.2) is 0 Å². The summed E-state index contributed by atoms with van der Waals surface area (Å²) in [5.74, 6) is 0.604. The normalized spacial score (nSPS) is 33.3. The molecule has 3 heteroatoms. The van der Waals surface area contributed by atoms with Gasteiger partial charge >= 0.3 is 5.97 Å². The summed E-state index contributed by atoms with van der Waals surface area (Å²) in [6, 6.07) is 0. The van der Waals surface area contributed by atoms with Crippen LogP contribution < -0.4 is 0 Å². The van der Waals surface area contributed by atoms with Gasteiger partial charge in [0.15, 0.2) is 0 Å². The number of hydrogen-bond acceptors (Lipinski definition) is 1. The maximum Gasteiger partial charge on any atom is 0.309 e. The van der Waals surface area contributed by atoms with Gasteiger partial charge in [-0.1, -0.05) is 58.3 Å². The van der Waals surface area contributed by atoms with Crippen molar-refractivity contribution in [1.82, 2.24) is 0 Å². The summed E-state index contributed by atoms with van der Waals surface area (Å²) in [6.45, 7) is 2.27. The van der Waals surface area contributed by atoms with Crippen molar-refractivity contribution in [1.29, 1.82) is 0 Å². The van der Waals surface area contributed by atoms with Gasteiger partial charge in [-0.05, 0) is 63.2 Å². The van der Waals surface area contributed by atoms with Gasteiger partial charge in [0.05, 0.1) is 5.41 Å². The highest BCUT2D eigenvalue weighted by Crippen LogP contribution is 2.50. The average Bonchev–Trinajstić information content (AvgIpc) is 2.62. The molecule has 0 aromatic carbocycles. The molecule has 1 N–H and O–H groups in total. The van der Waals surface area contributed by atoms with Crippen LogP contribution in [0.15, 0.2) is 0 Å². The molecular weight excluding hydrogens is 332 g/mol. The van der Waals surface area contributed by atoms with Crippen LogP contribution >= 0.6 is 11.6 Å². The fourth-order valence-corrected chi connectivity index (χ4v) is 5.53. The van der Waals surface area contributed by atoms with Crippen molar-refractivity contribution in [3.8, 4) is 0 Å². The standard InChI is InChI=1S/C22H39ClO2/c1-2-3-4-5-6-7-8-9-18-14-16-22(17-15-18,21(24)25)19-10-12-20(23)13-11-19/h18-20H,2-17H2,1H3,(H,24,25). The molecule has 2 aliphatic carbocycles. The molecule has 2 fully saturated rings. The minimum Gasteiger partial charge on any atom is -0.481 e. The maximum atomic E-state index is 12.1. The van der Waals surface area contributed by atoms with E-state index in [9.17, 15) is 9.90 Å². The highest BCUT2D eigenvalue weighted by molar-refractivity contribution is 6.20. The van der Waals surface area contributed by atoms with Crippen LogP contribution in [0.4, 0.5) is 0 Å². The number of carboxylic acid groups (broad SMARTS) is 1. The van der Waals surface area contributed by atoms with E-state index in [0.717, 1.165) is 57.3 Å². The third-order valence-electron chi connectivity index (χ3n) is 7.08. The number of unbranched alkanes of at least 4 members (excludes halogenated alkanes) is 6. The summed E-state index contributed by atoms with van der Waals surface area (Å²) in [5, 5.41) is 10.3. The molecule has 2 saturated carbocycles. The molecule has 0 heterocycles. The van der Waals surface area contributed by atoms with Crippen molar-refractivity contribution in [2.75, 3.05) is 0 Å². The van der Waals surface area contributed by atoms with Gasteiger partial charge in [0, 0.05) is 5.38 Å². The Balaban J connectivity index is 1.70. The predicted molar refractivity (Wildman–Crippen MR) is 106 cm³/mol. The summed E-state index contributed by atoms with van der Waals surface area (Å²) in [7, 11) is 0. The number of halogens is 1. The van der Waals surface area contributed by atoms with Crippen LogP contribution in [0.2, 0.25) is 0 Å². The summed E-state index contributed by atoms with van der Waals surface area (Å²) in [4.78, 5) is 12.1. The summed E-state index contributed by atoms with van der Waals surface area (Å²) >= 11 is 6.23. The molecule has 146 valence electrons. The molecule has 0 spiro atoms. The maximum absolute atomic E-state index is 12.1. The van der Waals surface area contributed by atoms with Crippen LogP contribution in [0.3, 0.4) is 0 Å². The van der Waals surface area contributed by atoms with Crippen molar-refractivity contribution in [2.45, 2.75) is 115 Å². The van der Waals surface area contributed by atoms with Crippen molar-refractivity contribution < 1.29 is 9.90 Å². The van der Waals surface area contributed by atoms with Crippen LogP contribution in [-0.2, 0) is 4.79 Å². The van der Waals surface area contributed by atoms with E-state index in [2.05, 4.69) is 6.92 Å². The SMILES string of the molecule is CCCCCCCCCC1CCC(C(=O)O)(C2CCC(Cl)CC2)CC1. The Hall–Kier alpha value is -0.240. The first-order valence-electron chi connectivity index (χ1n) is 11.0. The molecule has 25 heavy (non-hydrogen) atoms. The van der Waals surface area contributed by atoms with Gasteiger partial charge in [0.1, 0.15) is 0 Å². The van der Waals surface area contributed by atoms with E-state index in [-0.39, 0.29) is 5.38 Å². The third kappa shape index (κ3) is 6.15. The fourth-order valence-electron chi connectivity index (χ4n) is 5.27. The summed E-state index contributed by atoms with van der Waals surface area (Å²) in [6.07, 6.45) is 19.0. The zero-order valence-corrected chi connectivity index (χ0v) is 17.0. The lowest BCUT2D eigenvalue weighted by molar-refractivity contribution is -0.157. The van der Waals surface area contributed by atoms with Crippen molar-refractivity contribution >= 4 is 17.6 Å². The second-order valence-electron chi connectivity index (χ2n) is 8.76. The van der Waals surface area contributed by atoms with E-state index in [1.54, 1.807) is 0 Å². The molecule has 0 bridgehead atoms. The van der Waals surface area contributed by atoms with E-state index >= 15 is 0 Å². The van der Waals surface area contributed by atoms with Crippen molar-refractivity contribution in [3.05, 3.63) is 0 Å². The zero-order valence-electron chi connectivity index (χ0n) is 16.3. The summed E-state index contributed by atoms with van der Waals surface area (Å²) < 4.78 is 0. The van der Waals surface area contributed by atoms with E-state index in [1.165, 1.54) is 51.4 Å². The van der Waals surface area contributed by atoms with Crippen LogP contribution in [0, 0.1) is 17.3 Å². The lowest BCUT2D eigenvalue weighted by Crippen LogP contribution is -2.43. The van der Waals surface area contributed by atoms with Crippen LogP contribution in [0.25, 0.3) is 0 Å². The Morgan fingerprint density at radius 3 is 2.04 bits per heavy atom. The van der Waals surface area contributed by atoms with Crippen LogP contribution in [0.1, 0.15) is 110 Å². The Morgan fingerprint density at radius 2 is 1.48 bits per heavy atom. The molecule has 2 nitrogen and oxygen atoms in total. The van der Waals surface area contributed by atoms with E-state index in [1.807, 2.05) is 0 Å². The van der Waals surface area contributed by atoms with Gasteiger partial charge in [0.25, 0.3) is 0 Å². The van der Waals surface area contributed by atoms with Gasteiger partial charge in [-0.15, -0.1) is 11.6 Å². The first-order chi connectivity index (χ1) is 12.1. The highest BCUT2D eigenvalue weighted by atomic mass is 35.5. The lowest BCUT2D eigenvalue weighted by Gasteiger charge is -2.44. The number of alkyl halides is 1. The monoisotopic (exact) mass is 370 g/mol. The Labute approximate surface area is 160 Å². The quantitative estimate of drug-likeness (QED) is 0.326. The fraction of sp³-hybridized carbons (Fsp3) is 0.955. The molecule has 0 atom stereocenters. The number of rotatable bonds is 10. The minimum absolute atomic E-state index is 0.274. The third-order valence-corrected chi connectivity index (χ3v) is 7.51. The summed E-state index contributed by atoms with van der Waals surface area (Å²) in [5.41, 5.74) is -0.437. The minimum atomic E-state index is -0.528. The Morgan fingerprint density at radius 1 is 0.920 bits per heavy atom. The molecule has 0 aromatic heterocycles. The van der Waals surface area contributed by atoms with Crippen molar-refractivity contribution in [3.63, 3.8) is 0 Å².